The van der Waals surface area contributed by atoms with Gasteiger partial charge in [0.25, 0.3) is 5.91 Å². The van der Waals surface area contributed by atoms with Crippen LogP contribution in [-0.4, -0.2) is 53.8 Å². The summed E-state index contributed by atoms with van der Waals surface area (Å²) in [6.07, 6.45) is 0.0831. The van der Waals surface area contributed by atoms with Crippen molar-refractivity contribution >= 4 is 17.8 Å². The third kappa shape index (κ3) is 9.32. The molecular weight excluding hydrogens is 623 g/mol. The fourth-order valence-electron chi connectivity index (χ4n) is 5.66. The molecule has 5 rings (SSSR count). The zero-order valence-electron chi connectivity index (χ0n) is 28.2. The zero-order chi connectivity index (χ0) is 34.9. The van der Waals surface area contributed by atoms with Crippen LogP contribution >= 0.6 is 0 Å². The number of aliphatic hydroxyl groups excluding tert-OH is 1. The highest BCUT2D eigenvalue weighted by atomic mass is 19.1. The van der Waals surface area contributed by atoms with Gasteiger partial charge in [-0.15, -0.1) is 0 Å². The second-order valence-corrected chi connectivity index (χ2v) is 13.0. The van der Waals surface area contributed by atoms with Crippen molar-refractivity contribution in [3.63, 3.8) is 0 Å². The van der Waals surface area contributed by atoms with Gasteiger partial charge in [0.2, 0.25) is 5.90 Å². The van der Waals surface area contributed by atoms with Gasteiger partial charge in [-0.2, -0.15) is 0 Å². The molecule has 4 aromatic carbocycles. The van der Waals surface area contributed by atoms with Crippen LogP contribution in [0.3, 0.4) is 0 Å². The lowest BCUT2D eigenvalue weighted by atomic mass is 9.83. The summed E-state index contributed by atoms with van der Waals surface area (Å²) >= 11 is 0. The number of carbonyl (C=O) groups excluding carboxylic acids is 2. The molecule has 1 heterocycles. The summed E-state index contributed by atoms with van der Waals surface area (Å²) < 4.78 is 31.4. The number of nitrogens with one attached hydrogen (secondary N) is 1. The van der Waals surface area contributed by atoms with E-state index in [1.807, 2.05) is 54.6 Å². The quantitative estimate of drug-likeness (QED) is 0.111. The summed E-state index contributed by atoms with van der Waals surface area (Å²) in [4.78, 5) is 32.4. The topological polar surface area (TPSA) is 106 Å². The Balaban J connectivity index is 1.49. The maximum atomic E-state index is 14.4. The van der Waals surface area contributed by atoms with Crippen molar-refractivity contribution in [3.8, 4) is 16.9 Å². The van der Waals surface area contributed by atoms with Crippen LogP contribution in [0.1, 0.15) is 62.8 Å². The molecule has 1 aliphatic heterocycles. The minimum atomic E-state index is -1.51. The number of nitrogens with zero attached hydrogens (tertiary/aromatic N) is 1. The van der Waals surface area contributed by atoms with Crippen molar-refractivity contribution in [2.24, 2.45) is 4.99 Å². The second-order valence-electron chi connectivity index (χ2n) is 13.0. The van der Waals surface area contributed by atoms with Gasteiger partial charge >= 0.3 is 5.97 Å². The molecule has 0 spiro atoms. The molecule has 8 nitrogen and oxygen atoms in total. The number of esters is 1. The number of benzene rings is 4. The fourth-order valence-corrected chi connectivity index (χ4v) is 5.66. The van der Waals surface area contributed by atoms with E-state index in [1.165, 1.54) is 12.1 Å². The van der Waals surface area contributed by atoms with Crippen molar-refractivity contribution in [1.29, 1.82) is 0 Å². The highest BCUT2D eigenvalue weighted by Gasteiger charge is 2.53. The van der Waals surface area contributed by atoms with Crippen LogP contribution in [0.15, 0.2) is 108 Å². The van der Waals surface area contributed by atoms with Crippen molar-refractivity contribution in [2.45, 2.75) is 63.7 Å². The molecule has 2 N–H and O–H groups in total. The molecule has 4 aromatic rings. The summed E-state index contributed by atoms with van der Waals surface area (Å²) in [5, 5.41) is 12.1. The van der Waals surface area contributed by atoms with Crippen LogP contribution in [0.4, 0.5) is 4.39 Å². The van der Waals surface area contributed by atoms with Crippen molar-refractivity contribution in [3.05, 3.63) is 126 Å². The molecule has 0 radical (unpaired) electrons. The van der Waals surface area contributed by atoms with Crippen LogP contribution < -0.4 is 10.1 Å². The average Bonchev–Trinajstić information content (AvgIpc) is 3.49. The van der Waals surface area contributed by atoms with Crippen LogP contribution in [0.25, 0.3) is 11.1 Å². The lowest BCUT2D eigenvalue weighted by Crippen LogP contribution is -2.49. The van der Waals surface area contributed by atoms with Crippen LogP contribution in [0.5, 0.6) is 5.75 Å². The van der Waals surface area contributed by atoms with E-state index in [-0.39, 0.29) is 37.7 Å². The van der Waals surface area contributed by atoms with Gasteiger partial charge in [0.1, 0.15) is 17.2 Å². The highest BCUT2D eigenvalue weighted by Crippen LogP contribution is 2.44. The summed E-state index contributed by atoms with van der Waals surface area (Å²) in [6, 6.07) is 31.1. The van der Waals surface area contributed by atoms with Crippen molar-refractivity contribution < 1.29 is 33.3 Å². The van der Waals surface area contributed by atoms with Gasteiger partial charge in [-0.25, -0.2) is 9.38 Å². The Kier molecular flexibility index (Phi) is 11.5. The summed E-state index contributed by atoms with van der Waals surface area (Å²) in [5.41, 5.74) is 2.07. The average molecular weight is 667 g/mol. The minimum absolute atomic E-state index is 0.0290. The first-order chi connectivity index (χ1) is 23.6. The molecule has 0 bridgehead atoms. The SMILES string of the molecule is CC(C)(C)OC(=O)CC[C@@]1(C(=O)NCCc2ccc(F)cc2)N=C(c2ccc(OCCCO)cc2)O[C@@H]1c1ccc(-c2ccccc2)cc1. The molecule has 49 heavy (non-hydrogen) atoms. The van der Waals surface area contributed by atoms with E-state index in [2.05, 4.69) is 5.32 Å². The van der Waals surface area contributed by atoms with Gasteiger partial charge in [0.15, 0.2) is 11.6 Å². The maximum Gasteiger partial charge on any atom is 0.306 e. The van der Waals surface area contributed by atoms with E-state index >= 15 is 0 Å². The third-order valence-corrected chi connectivity index (χ3v) is 8.09. The maximum absolute atomic E-state index is 14.4. The number of halogens is 1. The molecule has 2 atom stereocenters. The second kappa shape index (κ2) is 15.9. The van der Waals surface area contributed by atoms with E-state index in [1.54, 1.807) is 57.2 Å². The summed E-state index contributed by atoms with van der Waals surface area (Å²) in [5.74, 6) is -0.285. The van der Waals surface area contributed by atoms with E-state index < -0.39 is 29.1 Å². The van der Waals surface area contributed by atoms with Crippen molar-refractivity contribution in [2.75, 3.05) is 19.8 Å². The standard InChI is InChI=1S/C40H43FN2O6/c1-39(2,3)49-35(45)22-24-40(38(46)42-25-23-28-10-18-33(41)19-11-28)36(31-14-12-30(13-15-31)29-8-5-4-6-9-29)48-37(43-40)32-16-20-34(21-17-32)47-27-7-26-44/h4-6,8-21,36,44H,7,22-27H2,1-3H3,(H,42,46)/t36-,40-/m1/s1. The van der Waals surface area contributed by atoms with E-state index in [4.69, 9.17) is 24.3 Å². The number of ether oxygens (including phenoxy) is 3. The molecule has 0 unspecified atom stereocenters. The van der Waals surface area contributed by atoms with Gasteiger partial charge in [-0.3, -0.25) is 9.59 Å². The van der Waals surface area contributed by atoms with Crippen LogP contribution in [-0.2, 0) is 25.5 Å². The lowest BCUT2D eigenvalue weighted by Gasteiger charge is -2.31. The van der Waals surface area contributed by atoms with Gasteiger partial charge in [0, 0.05) is 31.6 Å². The molecule has 0 saturated heterocycles. The number of aliphatic hydroxyl groups is 1. The number of hydrogen-bond acceptors (Lipinski definition) is 7. The molecule has 9 heteroatoms. The normalized spacial score (nSPS) is 17.2. The Morgan fingerprint density at radius 1 is 0.898 bits per heavy atom. The number of carbonyl (C=O) groups is 2. The molecule has 0 saturated carbocycles. The number of amides is 1. The first-order valence-electron chi connectivity index (χ1n) is 16.6. The first kappa shape index (κ1) is 35.3. The Morgan fingerprint density at radius 2 is 1.55 bits per heavy atom. The number of aliphatic imine (C=N–C) groups is 1. The number of hydrogen-bond donors (Lipinski definition) is 2. The monoisotopic (exact) mass is 666 g/mol. The smallest absolute Gasteiger partial charge is 0.306 e. The molecule has 0 aromatic heterocycles. The Morgan fingerprint density at radius 3 is 2.20 bits per heavy atom. The fraction of sp³-hybridized carbons (Fsp3) is 0.325. The summed E-state index contributed by atoms with van der Waals surface area (Å²) in [6.45, 7) is 6.07. The third-order valence-electron chi connectivity index (χ3n) is 8.09. The van der Waals surface area contributed by atoms with E-state index in [9.17, 15) is 14.0 Å². The van der Waals surface area contributed by atoms with E-state index in [0.717, 1.165) is 22.3 Å². The van der Waals surface area contributed by atoms with Crippen molar-refractivity contribution in [1.82, 2.24) is 5.32 Å². The Labute approximate surface area is 287 Å². The lowest BCUT2D eigenvalue weighted by molar-refractivity contribution is -0.155. The van der Waals surface area contributed by atoms with Crippen LogP contribution in [0, 0.1) is 5.82 Å². The summed E-state index contributed by atoms with van der Waals surface area (Å²) in [7, 11) is 0. The predicted molar refractivity (Wildman–Crippen MR) is 187 cm³/mol. The predicted octanol–water partition coefficient (Wildman–Crippen LogP) is 6.99. The van der Waals surface area contributed by atoms with Gasteiger partial charge in [0.05, 0.1) is 6.61 Å². The minimum Gasteiger partial charge on any atom is -0.494 e. The van der Waals surface area contributed by atoms with Crippen LogP contribution in [0.2, 0.25) is 0 Å². The largest absolute Gasteiger partial charge is 0.494 e. The Bertz CT molecular complexity index is 1720. The van der Waals surface area contributed by atoms with Gasteiger partial charge in [-0.1, -0.05) is 66.7 Å². The molecule has 1 aliphatic rings. The zero-order valence-corrected chi connectivity index (χ0v) is 28.2. The molecule has 0 aliphatic carbocycles. The highest BCUT2D eigenvalue weighted by molar-refractivity contribution is 6.01. The van der Waals surface area contributed by atoms with Gasteiger partial charge in [-0.05, 0) is 92.3 Å². The Hall–Kier alpha value is -5.02. The molecule has 1 amide bonds. The molecule has 256 valence electrons. The number of rotatable bonds is 14. The van der Waals surface area contributed by atoms with Gasteiger partial charge < -0.3 is 24.6 Å². The first-order valence-corrected chi connectivity index (χ1v) is 16.6. The molecular formula is C40H43FN2O6. The molecule has 0 fully saturated rings. The van der Waals surface area contributed by atoms with E-state index in [0.29, 0.717) is 30.8 Å².